The molecule has 0 bridgehead atoms. The van der Waals surface area contributed by atoms with Crippen LogP contribution in [0.25, 0.3) is 11.0 Å². The molecule has 0 saturated carbocycles. The molecule has 0 unspecified atom stereocenters. The van der Waals surface area contributed by atoms with E-state index in [2.05, 4.69) is 4.98 Å². The van der Waals surface area contributed by atoms with Crippen LogP contribution in [0.2, 0.25) is 5.02 Å². The van der Waals surface area contributed by atoms with E-state index in [9.17, 15) is 0 Å². The molecule has 0 amide bonds. The Morgan fingerprint density at radius 1 is 1.37 bits per heavy atom. The second-order valence-electron chi connectivity index (χ2n) is 4.88. The van der Waals surface area contributed by atoms with E-state index in [0.717, 1.165) is 37.0 Å². The highest BCUT2D eigenvalue weighted by Gasteiger charge is 2.08. The van der Waals surface area contributed by atoms with Crippen molar-refractivity contribution in [2.24, 2.45) is 0 Å². The first-order valence-electron chi connectivity index (χ1n) is 6.61. The zero-order valence-electron chi connectivity index (χ0n) is 11.4. The number of nitrogens with zero attached hydrogens (tertiary/aromatic N) is 2. The summed E-state index contributed by atoms with van der Waals surface area (Å²) in [5.41, 5.74) is 7.83. The average Bonchev–Trinajstić information content (AvgIpc) is 2.65. The third kappa shape index (κ3) is 3.61. The molecule has 5 heteroatoms. The number of rotatable bonds is 6. The number of fused-ring (bicyclic) bond motifs is 1. The molecule has 0 aliphatic heterocycles. The Balaban J connectivity index is 2.00. The van der Waals surface area contributed by atoms with Crippen molar-refractivity contribution in [1.82, 2.24) is 9.55 Å². The fourth-order valence-corrected chi connectivity index (χ4v) is 2.21. The van der Waals surface area contributed by atoms with Gasteiger partial charge in [0.2, 0.25) is 5.95 Å². The highest BCUT2D eigenvalue weighted by atomic mass is 35.5. The van der Waals surface area contributed by atoms with E-state index in [4.69, 9.17) is 22.1 Å². The van der Waals surface area contributed by atoms with Gasteiger partial charge in [-0.3, -0.25) is 0 Å². The maximum absolute atomic E-state index is 6.02. The number of unbranched alkanes of at least 4 members (excludes halogenated alkanes) is 1. The van der Waals surface area contributed by atoms with Gasteiger partial charge in [-0.2, -0.15) is 0 Å². The summed E-state index contributed by atoms with van der Waals surface area (Å²) in [5.74, 6) is 0.544. The van der Waals surface area contributed by atoms with Gasteiger partial charge in [0.25, 0.3) is 0 Å². The Kier molecular flexibility index (Phi) is 4.66. The zero-order chi connectivity index (χ0) is 13.8. The van der Waals surface area contributed by atoms with Gasteiger partial charge in [-0.1, -0.05) is 11.6 Å². The monoisotopic (exact) mass is 281 g/mol. The van der Waals surface area contributed by atoms with Crippen molar-refractivity contribution in [3.05, 3.63) is 23.2 Å². The molecule has 104 valence electrons. The summed E-state index contributed by atoms with van der Waals surface area (Å²) in [5, 5.41) is 0.705. The fraction of sp³-hybridized carbons (Fsp3) is 0.500. The van der Waals surface area contributed by atoms with Crippen molar-refractivity contribution < 1.29 is 4.74 Å². The number of hydrogen-bond donors (Lipinski definition) is 1. The lowest BCUT2D eigenvalue weighted by molar-refractivity contribution is 0.0755. The Hall–Kier alpha value is -1.26. The van der Waals surface area contributed by atoms with Gasteiger partial charge in [0.05, 0.1) is 17.1 Å². The highest BCUT2D eigenvalue weighted by molar-refractivity contribution is 6.31. The largest absolute Gasteiger partial charge is 0.379 e. The standard InChI is InChI=1S/C14H20ClN3O/c1-10(2)19-8-4-3-7-18-13-9-11(15)5-6-12(13)17-14(18)16/h5-6,9-10H,3-4,7-8H2,1-2H3,(H2,16,17). The molecular weight excluding hydrogens is 262 g/mol. The van der Waals surface area contributed by atoms with Gasteiger partial charge in [0.1, 0.15) is 0 Å². The van der Waals surface area contributed by atoms with Crippen LogP contribution in [-0.4, -0.2) is 22.3 Å². The first kappa shape index (κ1) is 14.2. The number of halogens is 1. The molecule has 0 saturated heterocycles. The van der Waals surface area contributed by atoms with E-state index < -0.39 is 0 Å². The molecule has 0 aliphatic rings. The van der Waals surface area contributed by atoms with Crippen molar-refractivity contribution in [2.45, 2.75) is 39.3 Å². The van der Waals surface area contributed by atoms with Gasteiger partial charge in [-0.05, 0) is 44.9 Å². The van der Waals surface area contributed by atoms with Crippen LogP contribution in [0.15, 0.2) is 18.2 Å². The molecule has 2 N–H and O–H groups in total. The second kappa shape index (κ2) is 6.26. The van der Waals surface area contributed by atoms with Crippen LogP contribution >= 0.6 is 11.6 Å². The van der Waals surface area contributed by atoms with Crippen molar-refractivity contribution in [1.29, 1.82) is 0 Å². The van der Waals surface area contributed by atoms with Crippen LogP contribution in [0.3, 0.4) is 0 Å². The third-order valence-electron chi connectivity index (χ3n) is 2.97. The van der Waals surface area contributed by atoms with Gasteiger partial charge in [-0.25, -0.2) is 4.98 Å². The summed E-state index contributed by atoms with van der Waals surface area (Å²) in [4.78, 5) is 4.33. The Labute approximate surface area is 118 Å². The van der Waals surface area contributed by atoms with Crippen molar-refractivity contribution in [3.63, 3.8) is 0 Å². The van der Waals surface area contributed by atoms with Crippen molar-refractivity contribution in [3.8, 4) is 0 Å². The summed E-state index contributed by atoms with van der Waals surface area (Å²) in [7, 11) is 0. The first-order chi connectivity index (χ1) is 9.08. The average molecular weight is 282 g/mol. The molecule has 1 aromatic heterocycles. The molecular formula is C14H20ClN3O. The van der Waals surface area contributed by atoms with Gasteiger partial charge in [0, 0.05) is 18.2 Å². The Morgan fingerprint density at radius 2 is 2.16 bits per heavy atom. The van der Waals surface area contributed by atoms with Gasteiger partial charge in [-0.15, -0.1) is 0 Å². The highest BCUT2D eigenvalue weighted by Crippen LogP contribution is 2.22. The summed E-state index contributed by atoms with van der Waals surface area (Å²) in [6, 6.07) is 5.63. The molecule has 4 nitrogen and oxygen atoms in total. The molecule has 0 fully saturated rings. The number of anilines is 1. The third-order valence-corrected chi connectivity index (χ3v) is 3.20. The SMILES string of the molecule is CC(C)OCCCCn1c(N)nc2ccc(Cl)cc21. The second-order valence-corrected chi connectivity index (χ2v) is 5.32. The summed E-state index contributed by atoms with van der Waals surface area (Å²) >= 11 is 6.02. The molecule has 0 spiro atoms. The molecule has 2 aromatic rings. The van der Waals surface area contributed by atoms with E-state index in [-0.39, 0.29) is 6.10 Å². The lowest BCUT2D eigenvalue weighted by Gasteiger charge is -2.09. The Bertz CT molecular complexity index is 551. The minimum absolute atomic E-state index is 0.290. The predicted octanol–water partition coefficient (Wildman–Crippen LogP) is 3.48. The lowest BCUT2D eigenvalue weighted by atomic mass is 10.3. The van der Waals surface area contributed by atoms with Crippen molar-refractivity contribution >= 4 is 28.6 Å². The summed E-state index contributed by atoms with van der Waals surface area (Å²) < 4.78 is 7.53. The van der Waals surface area contributed by atoms with E-state index in [1.165, 1.54) is 0 Å². The van der Waals surface area contributed by atoms with Crippen molar-refractivity contribution in [2.75, 3.05) is 12.3 Å². The summed E-state index contributed by atoms with van der Waals surface area (Å²) in [6.07, 6.45) is 2.31. The van der Waals surface area contributed by atoms with Gasteiger partial charge in [0.15, 0.2) is 0 Å². The number of hydrogen-bond acceptors (Lipinski definition) is 3. The van der Waals surface area contributed by atoms with Crippen LogP contribution < -0.4 is 5.73 Å². The molecule has 1 heterocycles. The summed E-state index contributed by atoms with van der Waals surface area (Å²) in [6.45, 7) is 5.71. The maximum atomic E-state index is 6.02. The molecule has 19 heavy (non-hydrogen) atoms. The normalized spacial score (nSPS) is 11.6. The van der Waals surface area contributed by atoms with Gasteiger partial charge < -0.3 is 15.0 Å². The van der Waals surface area contributed by atoms with Crippen LogP contribution in [0.4, 0.5) is 5.95 Å². The number of imidazole rings is 1. The van der Waals surface area contributed by atoms with Crippen LogP contribution in [0, 0.1) is 0 Å². The number of nitrogen functional groups attached to an aromatic ring is 1. The minimum Gasteiger partial charge on any atom is -0.379 e. The first-order valence-corrected chi connectivity index (χ1v) is 6.98. The lowest BCUT2D eigenvalue weighted by Crippen LogP contribution is -2.07. The molecule has 0 atom stereocenters. The number of aryl methyl sites for hydroxylation is 1. The quantitative estimate of drug-likeness (QED) is 0.825. The van der Waals surface area contributed by atoms with E-state index in [1.54, 1.807) is 0 Å². The number of ether oxygens (including phenoxy) is 1. The van der Waals surface area contributed by atoms with Crippen LogP contribution in [0.1, 0.15) is 26.7 Å². The number of benzene rings is 1. The van der Waals surface area contributed by atoms with E-state index >= 15 is 0 Å². The molecule has 1 aromatic carbocycles. The zero-order valence-corrected chi connectivity index (χ0v) is 12.2. The van der Waals surface area contributed by atoms with Crippen LogP contribution in [-0.2, 0) is 11.3 Å². The van der Waals surface area contributed by atoms with E-state index in [0.29, 0.717) is 11.0 Å². The van der Waals surface area contributed by atoms with E-state index in [1.807, 2.05) is 36.6 Å². The Morgan fingerprint density at radius 3 is 2.89 bits per heavy atom. The molecule has 2 rings (SSSR count). The maximum Gasteiger partial charge on any atom is 0.201 e. The van der Waals surface area contributed by atoms with Gasteiger partial charge >= 0.3 is 0 Å². The minimum atomic E-state index is 0.290. The smallest absolute Gasteiger partial charge is 0.201 e. The number of nitrogens with two attached hydrogens (primary N) is 1. The molecule has 0 aliphatic carbocycles. The van der Waals surface area contributed by atoms with Crippen LogP contribution in [0.5, 0.6) is 0 Å². The predicted molar refractivity (Wildman–Crippen MR) is 79.5 cm³/mol. The molecule has 0 radical (unpaired) electrons. The topological polar surface area (TPSA) is 53.1 Å². The number of aromatic nitrogens is 2. The fourth-order valence-electron chi connectivity index (χ4n) is 2.04.